The first-order valence-electron chi connectivity index (χ1n) is 14.0. The number of aromatic hydroxyl groups is 1. The van der Waals surface area contributed by atoms with Crippen molar-refractivity contribution >= 4 is 27.4 Å². The molecule has 0 atom stereocenters. The number of fused-ring (bicyclic) bond motifs is 1. The molecule has 1 aliphatic rings. The van der Waals surface area contributed by atoms with Crippen molar-refractivity contribution in [1.82, 2.24) is 19.5 Å². The number of phenolic OH excluding ortho intramolecular Hbond substituents is 1. The van der Waals surface area contributed by atoms with Crippen LogP contribution < -0.4 is 10.1 Å². The van der Waals surface area contributed by atoms with E-state index in [1.807, 2.05) is 54.8 Å². The van der Waals surface area contributed by atoms with Gasteiger partial charge in [0.15, 0.2) is 5.65 Å². The fourth-order valence-electron chi connectivity index (χ4n) is 4.30. The Morgan fingerprint density at radius 2 is 1.69 bits per heavy atom. The van der Waals surface area contributed by atoms with Crippen LogP contribution in [0.4, 0.5) is 5.82 Å². The summed E-state index contributed by atoms with van der Waals surface area (Å²) in [6, 6.07) is 17.9. The number of anilines is 1. The smallest absolute Gasteiger partial charge is 0.172 e. The molecule has 3 heterocycles. The van der Waals surface area contributed by atoms with E-state index in [2.05, 4.69) is 57.2 Å². The molecule has 1 saturated heterocycles. The lowest BCUT2D eigenvalue weighted by Crippen LogP contribution is -2.39. The highest BCUT2D eigenvalue weighted by molar-refractivity contribution is 9.10. The van der Waals surface area contributed by atoms with E-state index < -0.39 is 0 Å². The zero-order chi connectivity index (χ0) is 28.2. The number of unbranched alkanes of at least 4 members (excludes halogenated alkanes) is 1. The summed E-state index contributed by atoms with van der Waals surface area (Å²) in [5.74, 6) is 1.97. The van der Waals surface area contributed by atoms with Crippen LogP contribution in [0, 0.1) is 0 Å². The lowest BCUT2D eigenvalue weighted by atomic mass is 10.0. The molecule has 0 saturated carbocycles. The average molecular weight is 597 g/mol. The van der Waals surface area contributed by atoms with Crippen molar-refractivity contribution in [2.45, 2.75) is 66.0 Å². The van der Waals surface area contributed by atoms with Crippen molar-refractivity contribution in [3.8, 4) is 22.8 Å². The summed E-state index contributed by atoms with van der Waals surface area (Å²) in [6.07, 6.45) is 6.46. The molecule has 210 valence electrons. The lowest BCUT2D eigenvalue weighted by molar-refractivity contribution is 0.211. The highest BCUT2D eigenvalue weighted by Crippen LogP contribution is 2.31. The number of benzene rings is 2. The van der Waals surface area contributed by atoms with Crippen molar-refractivity contribution in [2.75, 3.05) is 25.5 Å². The highest BCUT2D eigenvalue weighted by Gasteiger charge is 2.21. The molecule has 0 bridgehead atoms. The third-order valence-electron chi connectivity index (χ3n) is 6.61. The number of nitrogens with zero attached hydrogens (tertiary/aromatic N) is 4. The Labute approximate surface area is 241 Å². The molecule has 2 aromatic heterocycles. The summed E-state index contributed by atoms with van der Waals surface area (Å²) in [4.78, 5) is 7.21. The number of phenols is 1. The van der Waals surface area contributed by atoms with E-state index in [1.165, 1.54) is 18.4 Å². The van der Waals surface area contributed by atoms with Crippen molar-refractivity contribution in [3.05, 3.63) is 70.8 Å². The number of hydrogen-bond acceptors (Lipinski definition) is 6. The Bertz CT molecular complexity index is 1280. The van der Waals surface area contributed by atoms with Crippen LogP contribution in [0.3, 0.4) is 0 Å². The quantitative estimate of drug-likeness (QED) is 0.227. The molecule has 4 aromatic rings. The van der Waals surface area contributed by atoms with Gasteiger partial charge in [-0.2, -0.15) is 9.61 Å². The summed E-state index contributed by atoms with van der Waals surface area (Å²) < 4.78 is 7.89. The minimum absolute atomic E-state index is 0.211. The maximum absolute atomic E-state index is 10.3. The van der Waals surface area contributed by atoms with E-state index >= 15 is 0 Å². The molecule has 0 aliphatic carbocycles. The summed E-state index contributed by atoms with van der Waals surface area (Å²) >= 11 is 3.55. The second kappa shape index (κ2) is 15.5. The van der Waals surface area contributed by atoms with Gasteiger partial charge in [-0.05, 0) is 58.6 Å². The Kier molecular flexibility index (Phi) is 12.1. The van der Waals surface area contributed by atoms with Gasteiger partial charge in [0.1, 0.15) is 17.3 Å². The number of para-hydroxylation sites is 1. The summed E-state index contributed by atoms with van der Waals surface area (Å²) in [5, 5.41) is 18.5. The summed E-state index contributed by atoms with van der Waals surface area (Å²) in [6.45, 7) is 11.3. The van der Waals surface area contributed by atoms with E-state index in [1.54, 1.807) is 19.4 Å². The van der Waals surface area contributed by atoms with Crippen molar-refractivity contribution in [1.29, 1.82) is 0 Å². The lowest BCUT2D eigenvalue weighted by Gasteiger charge is -2.33. The van der Waals surface area contributed by atoms with Gasteiger partial charge in [0.25, 0.3) is 0 Å². The molecule has 1 aliphatic heterocycles. The normalized spacial score (nSPS) is 13.7. The Morgan fingerprint density at radius 3 is 2.31 bits per heavy atom. The number of ether oxygens (including phenoxy) is 1. The Hall–Kier alpha value is -3.10. The van der Waals surface area contributed by atoms with Crippen LogP contribution in [-0.2, 0) is 6.54 Å². The van der Waals surface area contributed by atoms with Gasteiger partial charge in [-0.15, -0.1) is 0 Å². The molecule has 8 heteroatoms. The van der Waals surface area contributed by atoms with Gasteiger partial charge in [0.2, 0.25) is 0 Å². The third kappa shape index (κ3) is 8.19. The number of likely N-dealkylation sites (tertiary alicyclic amines) is 1. The molecular formula is C31H42BrN5O2. The number of halogens is 1. The van der Waals surface area contributed by atoms with E-state index in [0.29, 0.717) is 17.3 Å². The predicted octanol–water partition coefficient (Wildman–Crippen LogP) is 7.78. The Morgan fingerprint density at radius 1 is 1.03 bits per heavy atom. The number of hydrogen-bond donors (Lipinski definition) is 2. The van der Waals surface area contributed by atoms with Crippen molar-refractivity contribution in [3.63, 3.8) is 0 Å². The third-order valence-corrected chi connectivity index (χ3v) is 7.17. The van der Waals surface area contributed by atoms with Gasteiger partial charge in [0.05, 0.1) is 23.5 Å². The van der Waals surface area contributed by atoms with Crippen LogP contribution in [-0.4, -0.2) is 50.8 Å². The molecule has 5 rings (SSSR count). The summed E-state index contributed by atoms with van der Waals surface area (Å²) in [5.41, 5.74) is 3.42. The molecule has 7 nitrogen and oxygen atoms in total. The number of nitrogens with one attached hydrogen (secondary N) is 1. The fourth-order valence-corrected chi connectivity index (χ4v) is 4.65. The second-order valence-corrected chi connectivity index (χ2v) is 10.2. The first-order chi connectivity index (χ1) is 19.0. The summed E-state index contributed by atoms with van der Waals surface area (Å²) in [7, 11) is 1.69. The van der Waals surface area contributed by atoms with Crippen LogP contribution >= 0.6 is 15.9 Å². The monoisotopic (exact) mass is 595 g/mol. The minimum atomic E-state index is 0.211. The standard InChI is InChI=1S/C25H26BrN5O2.C4H10.C2H6/c1-33-19-8-6-17(7-9-19)16-30-12-10-18(11-13-30)28-24-14-22(20-4-2-3-5-23(20)32)29-25-21(26)15-27-31(24)25;1-3-4-2;1-2/h2-9,14-15,18,28,32H,10-13,16H2,1H3;3-4H2,1-2H3;1-2H3. The number of methoxy groups -OCH3 is 1. The van der Waals surface area contributed by atoms with Crippen LogP contribution in [0.1, 0.15) is 58.9 Å². The fraction of sp³-hybridized carbons (Fsp3) is 0.419. The molecule has 39 heavy (non-hydrogen) atoms. The molecule has 2 aromatic carbocycles. The van der Waals surface area contributed by atoms with Gasteiger partial charge in [-0.25, -0.2) is 4.98 Å². The Balaban J connectivity index is 0.000000644. The van der Waals surface area contributed by atoms with Gasteiger partial charge >= 0.3 is 0 Å². The number of aromatic nitrogens is 3. The largest absolute Gasteiger partial charge is 0.507 e. The van der Waals surface area contributed by atoms with Crippen LogP contribution in [0.5, 0.6) is 11.5 Å². The van der Waals surface area contributed by atoms with Crippen molar-refractivity contribution in [2.24, 2.45) is 0 Å². The minimum Gasteiger partial charge on any atom is -0.507 e. The maximum Gasteiger partial charge on any atom is 0.172 e. The molecule has 0 radical (unpaired) electrons. The first kappa shape index (κ1) is 30.4. The van der Waals surface area contributed by atoms with Gasteiger partial charge in [-0.3, -0.25) is 4.90 Å². The molecule has 1 fully saturated rings. The predicted molar refractivity (Wildman–Crippen MR) is 165 cm³/mol. The molecular weight excluding hydrogens is 554 g/mol. The zero-order valence-corrected chi connectivity index (χ0v) is 25.4. The van der Waals surface area contributed by atoms with Crippen LogP contribution in [0.25, 0.3) is 16.9 Å². The molecule has 0 unspecified atom stereocenters. The second-order valence-electron chi connectivity index (χ2n) is 9.31. The van der Waals surface area contributed by atoms with Crippen molar-refractivity contribution < 1.29 is 9.84 Å². The number of piperidine rings is 1. The average Bonchev–Trinajstić information content (AvgIpc) is 3.36. The van der Waals surface area contributed by atoms with E-state index in [-0.39, 0.29) is 5.75 Å². The van der Waals surface area contributed by atoms with Gasteiger partial charge < -0.3 is 15.2 Å². The van der Waals surface area contributed by atoms with E-state index in [4.69, 9.17) is 9.72 Å². The van der Waals surface area contributed by atoms with Gasteiger partial charge in [0, 0.05) is 37.3 Å². The molecule has 0 amide bonds. The van der Waals surface area contributed by atoms with Crippen LogP contribution in [0.2, 0.25) is 0 Å². The van der Waals surface area contributed by atoms with Gasteiger partial charge in [-0.1, -0.05) is 64.8 Å². The van der Waals surface area contributed by atoms with E-state index in [9.17, 15) is 5.11 Å². The maximum atomic E-state index is 10.3. The highest BCUT2D eigenvalue weighted by atomic mass is 79.9. The molecule has 2 N–H and O–H groups in total. The van der Waals surface area contributed by atoms with E-state index in [0.717, 1.165) is 54.2 Å². The first-order valence-corrected chi connectivity index (χ1v) is 14.8. The molecule has 0 spiro atoms. The number of rotatable bonds is 7. The SMILES string of the molecule is CC.CCCC.COc1ccc(CN2CCC(Nc3cc(-c4ccccc4O)nc4c(Br)cnn34)CC2)cc1. The topological polar surface area (TPSA) is 74.9 Å². The zero-order valence-electron chi connectivity index (χ0n) is 23.8. The van der Waals surface area contributed by atoms with Crippen LogP contribution in [0.15, 0.2) is 65.3 Å².